The van der Waals surface area contributed by atoms with Crippen LogP contribution in [0.5, 0.6) is 5.75 Å². The summed E-state index contributed by atoms with van der Waals surface area (Å²) < 4.78 is 23.4. The highest BCUT2D eigenvalue weighted by Gasteiger charge is 2.11. The van der Waals surface area contributed by atoms with Crippen LogP contribution in [-0.4, -0.2) is 25.3 Å². The second-order valence-corrected chi connectivity index (χ2v) is 4.68. The topological polar surface area (TPSA) is 71.7 Å². The number of rotatable bonds is 5. The van der Waals surface area contributed by atoms with Crippen LogP contribution in [0.25, 0.3) is 0 Å². The summed E-state index contributed by atoms with van der Waals surface area (Å²) in [5.74, 6) is 0.426. The number of halogens is 1. The molecule has 6 nitrogen and oxygen atoms in total. The van der Waals surface area contributed by atoms with E-state index < -0.39 is 0 Å². The van der Waals surface area contributed by atoms with Crippen LogP contribution in [-0.2, 0) is 6.54 Å². The minimum Gasteiger partial charge on any atom is -0.494 e. The molecule has 1 aromatic heterocycles. The van der Waals surface area contributed by atoms with Crippen LogP contribution < -0.4 is 15.4 Å². The SMILES string of the molecule is CN=C(NCc1ccon1)NC(C)c1ccc(OC)c(F)c1. The van der Waals surface area contributed by atoms with Gasteiger partial charge < -0.3 is 19.9 Å². The molecule has 0 saturated heterocycles. The molecule has 0 aliphatic rings. The smallest absolute Gasteiger partial charge is 0.191 e. The Morgan fingerprint density at radius 3 is 2.86 bits per heavy atom. The Balaban J connectivity index is 1.96. The van der Waals surface area contributed by atoms with Crippen molar-refractivity contribution < 1.29 is 13.7 Å². The summed E-state index contributed by atoms with van der Waals surface area (Å²) in [4.78, 5) is 4.13. The lowest BCUT2D eigenvalue weighted by molar-refractivity contribution is 0.386. The van der Waals surface area contributed by atoms with Crippen molar-refractivity contribution in [3.8, 4) is 5.75 Å². The Morgan fingerprint density at radius 1 is 1.45 bits per heavy atom. The van der Waals surface area contributed by atoms with E-state index >= 15 is 0 Å². The van der Waals surface area contributed by atoms with Crippen LogP contribution in [0.1, 0.15) is 24.2 Å². The van der Waals surface area contributed by atoms with Gasteiger partial charge in [-0.2, -0.15) is 0 Å². The Kier molecular flexibility index (Phi) is 5.35. The molecule has 7 heteroatoms. The quantitative estimate of drug-likeness (QED) is 0.655. The first-order valence-electron chi connectivity index (χ1n) is 6.84. The van der Waals surface area contributed by atoms with Gasteiger partial charge in [0.25, 0.3) is 0 Å². The number of hydrogen-bond donors (Lipinski definition) is 2. The molecule has 0 spiro atoms. The molecule has 1 unspecified atom stereocenters. The molecule has 1 heterocycles. The van der Waals surface area contributed by atoms with E-state index in [4.69, 9.17) is 9.26 Å². The first-order chi connectivity index (χ1) is 10.6. The van der Waals surface area contributed by atoms with Crippen molar-refractivity contribution in [1.82, 2.24) is 15.8 Å². The number of guanidine groups is 1. The van der Waals surface area contributed by atoms with Gasteiger partial charge in [-0.05, 0) is 24.6 Å². The molecule has 2 N–H and O–H groups in total. The van der Waals surface area contributed by atoms with Crippen molar-refractivity contribution in [2.24, 2.45) is 4.99 Å². The minimum absolute atomic E-state index is 0.121. The number of nitrogens with zero attached hydrogens (tertiary/aromatic N) is 2. The van der Waals surface area contributed by atoms with Gasteiger partial charge >= 0.3 is 0 Å². The molecule has 118 valence electrons. The predicted octanol–water partition coefficient (Wildman–Crippen LogP) is 2.25. The zero-order valence-electron chi connectivity index (χ0n) is 12.8. The third-order valence-corrected chi connectivity index (χ3v) is 3.18. The summed E-state index contributed by atoms with van der Waals surface area (Å²) in [7, 11) is 3.11. The molecule has 0 amide bonds. The van der Waals surface area contributed by atoms with Crippen LogP contribution in [0, 0.1) is 5.82 Å². The molecular formula is C15H19FN4O2. The third-order valence-electron chi connectivity index (χ3n) is 3.18. The first kappa shape index (κ1) is 15.8. The lowest BCUT2D eigenvalue weighted by atomic mass is 10.1. The average molecular weight is 306 g/mol. The van der Waals surface area contributed by atoms with E-state index in [1.165, 1.54) is 19.4 Å². The maximum absolute atomic E-state index is 13.7. The monoisotopic (exact) mass is 306 g/mol. The lowest BCUT2D eigenvalue weighted by Gasteiger charge is -2.18. The summed E-state index contributed by atoms with van der Waals surface area (Å²) in [6.45, 7) is 2.41. The lowest BCUT2D eigenvalue weighted by Crippen LogP contribution is -2.38. The maximum atomic E-state index is 13.7. The van der Waals surface area contributed by atoms with Gasteiger partial charge in [0.1, 0.15) is 12.0 Å². The van der Waals surface area contributed by atoms with Crippen LogP contribution in [0.3, 0.4) is 0 Å². The van der Waals surface area contributed by atoms with Crippen LogP contribution in [0.2, 0.25) is 0 Å². The number of hydrogen-bond acceptors (Lipinski definition) is 4. The van der Waals surface area contributed by atoms with E-state index in [0.717, 1.165) is 11.3 Å². The molecular weight excluding hydrogens is 287 g/mol. The molecule has 2 rings (SSSR count). The second-order valence-electron chi connectivity index (χ2n) is 4.68. The second kappa shape index (κ2) is 7.44. The number of ether oxygens (including phenoxy) is 1. The fraction of sp³-hybridized carbons (Fsp3) is 0.333. The van der Waals surface area contributed by atoms with Gasteiger partial charge in [-0.1, -0.05) is 11.2 Å². The Bertz CT molecular complexity index is 628. The number of benzene rings is 1. The van der Waals surface area contributed by atoms with E-state index in [-0.39, 0.29) is 17.6 Å². The zero-order valence-corrected chi connectivity index (χ0v) is 12.8. The molecule has 0 saturated carbocycles. The summed E-state index contributed by atoms with van der Waals surface area (Å²) in [6, 6.07) is 6.51. The van der Waals surface area contributed by atoms with E-state index in [2.05, 4.69) is 20.8 Å². The molecule has 1 aromatic carbocycles. The molecule has 1 atom stereocenters. The highest BCUT2D eigenvalue weighted by atomic mass is 19.1. The molecule has 0 aliphatic heterocycles. The fourth-order valence-corrected chi connectivity index (χ4v) is 1.94. The van der Waals surface area contributed by atoms with E-state index in [1.54, 1.807) is 19.2 Å². The van der Waals surface area contributed by atoms with Crippen LogP contribution in [0.15, 0.2) is 40.0 Å². The van der Waals surface area contributed by atoms with Crippen molar-refractivity contribution in [2.75, 3.05) is 14.2 Å². The van der Waals surface area contributed by atoms with Gasteiger partial charge in [0, 0.05) is 13.1 Å². The third kappa shape index (κ3) is 3.97. The van der Waals surface area contributed by atoms with Gasteiger partial charge in [0.2, 0.25) is 0 Å². The molecule has 0 fully saturated rings. The van der Waals surface area contributed by atoms with Gasteiger partial charge in [0.05, 0.1) is 19.7 Å². The normalized spacial score (nSPS) is 12.8. The van der Waals surface area contributed by atoms with Crippen LogP contribution in [0.4, 0.5) is 4.39 Å². The first-order valence-corrected chi connectivity index (χ1v) is 6.84. The maximum Gasteiger partial charge on any atom is 0.191 e. The zero-order chi connectivity index (χ0) is 15.9. The number of methoxy groups -OCH3 is 1. The van der Waals surface area contributed by atoms with E-state index in [0.29, 0.717) is 12.5 Å². The summed E-state index contributed by atoms with van der Waals surface area (Å²) >= 11 is 0. The van der Waals surface area contributed by atoms with Crippen molar-refractivity contribution in [3.05, 3.63) is 47.6 Å². The number of aliphatic imine (C=N–C) groups is 1. The Morgan fingerprint density at radius 2 is 2.27 bits per heavy atom. The van der Waals surface area contributed by atoms with Crippen LogP contribution >= 0.6 is 0 Å². The summed E-state index contributed by atoms with van der Waals surface area (Å²) in [5, 5.41) is 10.1. The Labute approximate surface area is 128 Å². The molecule has 2 aromatic rings. The van der Waals surface area contributed by atoms with Gasteiger partial charge in [-0.15, -0.1) is 0 Å². The summed E-state index contributed by atoms with van der Waals surface area (Å²) in [6.07, 6.45) is 1.51. The largest absolute Gasteiger partial charge is 0.494 e. The van der Waals surface area contributed by atoms with E-state index in [1.807, 2.05) is 13.0 Å². The highest BCUT2D eigenvalue weighted by Crippen LogP contribution is 2.21. The highest BCUT2D eigenvalue weighted by molar-refractivity contribution is 5.80. The van der Waals surface area contributed by atoms with Crippen molar-refractivity contribution >= 4 is 5.96 Å². The standard InChI is InChI=1S/C15H19FN4O2/c1-10(11-4-5-14(21-3)13(16)8-11)19-15(17-2)18-9-12-6-7-22-20-12/h4-8,10H,9H2,1-3H3,(H2,17,18,19). The van der Waals surface area contributed by atoms with Gasteiger partial charge in [0.15, 0.2) is 17.5 Å². The van der Waals surface area contributed by atoms with Gasteiger partial charge in [-0.3, -0.25) is 4.99 Å². The van der Waals surface area contributed by atoms with Crippen molar-refractivity contribution in [2.45, 2.75) is 19.5 Å². The predicted molar refractivity (Wildman–Crippen MR) is 81.2 cm³/mol. The van der Waals surface area contributed by atoms with Gasteiger partial charge in [-0.25, -0.2) is 4.39 Å². The minimum atomic E-state index is -0.390. The molecule has 22 heavy (non-hydrogen) atoms. The fourth-order valence-electron chi connectivity index (χ4n) is 1.94. The number of aromatic nitrogens is 1. The average Bonchev–Trinajstić information content (AvgIpc) is 3.04. The van der Waals surface area contributed by atoms with Crippen molar-refractivity contribution in [1.29, 1.82) is 0 Å². The van der Waals surface area contributed by atoms with E-state index in [9.17, 15) is 4.39 Å². The molecule has 0 radical (unpaired) electrons. The number of nitrogens with one attached hydrogen (secondary N) is 2. The van der Waals surface area contributed by atoms with Crippen molar-refractivity contribution in [3.63, 3.8) is 0 Å². The molecule has 0 bridgehead atoms. The summed E-state index contributed by atoms with van der Waals surface area (Å²) in [5.41, 5.74) is 1.56. The molecule has 0 aliphatic carbocycles. The Hall–Kier alpha value is -2.57.